The van der Waals surface area contributed by atoms with Crippen molar-refractivity contribution in [2.24, 2.45) is 0 Å². The molecule has 27 heavy (non-hydrogen) atoms. The Bertz CT molecular complexity index is 910. The van der Waals surface area contributed by atoms with Gasteiger partial charge in [0.15, 0.2) is 5.02 Å². The second-order valence-corrected chi connectivity index (χ2v) is 5.44. The maximum atomic E-state index is 12.5. The number of carbonyl (C=O) groups excluding carboxylic acids is 2. The molecule has 0 radical (unpaired) electrons. The Labute approximate surface area is 157 Å². The Kier molecular flexibility index (Phi) is 6.03. The van der Waals surface area contributed by atoms with Crippen LogP contribution in [0.4, 0.5) is 17.1 Å². The minimum Gasteiger partial charge on any atom is -0.462 e. The zero-order valence-corrected chi connectivity index (χ0v) is 14.6. The lowest BCUT2D eigenvalue weighted by Gasteiger charge is -2.10. The molecule has 1 amide bonds. The van der Waals surface area contributed by atoms with Crippen LogP contribution in [0.1, 0.15) is 27.6 Å². The molecule has 2 aromatic carbocycles. The summed E-state index contributed by atoms with van der Waals surface area (Å²) in [5.41, 5.74) is -1.78. The molecule has 11 heteroatoms. The molecule has 0 saturated heterocycles. The molecule has 140 valence electrons. The summed E-state index contributed by atoms with van der Waals surface area (Å²) in [7, 11) is 0. The molecule has 0 heterocycles. The van der Waals surface area contributed by atoms with E-state index in [1.54, 1.807) is 19.1 Å². The van der Waals surface area contributed by atoms with E-state index in [-0.39, 0.29) is 23.4 Å². The summed E-state index contributed by atoms with van der Waals surface area (Å²) in [5.74, 6) is -1.57. The largest absolute Gasteiger partial charge is 0.462 e. The highest BCUT2D eigenvalue weighted by Crippen LogP contribution is 2.35. The van der Waals surface area contributed by atoms with Gasteiger partial charge in [-0.1, -0.05) is 23.7 Å². The number of nitro groups is 2. The van der Waals surface area contributed by atoms with E-state index >= 15 is 0 Å². The van der Waals surface area contributed by atoms with Crippen molar-refractivity contribution < 1.29 is 24.2 Å². The highest BCUT2D eigenvalue weighted by atomic mass is 35.5. The standard InChI is InChI=1S/C16H12ClN3O7/c1-2-27-16(22)10-5-3-4-6-11(10)18-15(21)9-7-12(19(23)24)14(17)13(8-9)20(25)26/h3-8H,2H2,1H3,(H,18,21). The Morgan fingerprint density at radius 1 is 1.11 bits per heavy atom. The van der Waals surface area contributed by atoms with Gasteiger partial charge in [0, 0.05) is 12.1 Å². The van der Waals surface area contributed by atoms with Crippen molar-refractivity contribution in [3.05, 3.63) is 72.8 Å². The van der Waals surface area contributed by atoms with Crippen LogP contribution in [0.3, 0.4) is 0 Å². The van der Waals surface area contributed by atoms with Crippen LogP contribution in [-0.2, 0) is 4.74 Å². The lowest BCUT2D eigenvalue weighted by molar-refractivity contribution is -0.393. The smallest absolute Gasteiger partial charge is 0.340 e. The number of esters is 1. The topological polar surface area (TPSA) is 142 Å². The number of rotatable bonds is 6. The molecule has 0 aliphatic carbocycles. The van der Waals surface area contributed by atoms with Crippen LogP contribution in [0, 0.1) is 20.2 Å². The average molecular weight is 394 g/mol. The summed E-state index contributed by atoms with van der Waals surface area (Å²) >= 11 is 5.66. The predicted octanol–water partition coefficient (Wildman–Crippen LogP) is 3.59. The molecular weight excluding hydrogens is 382 g/mol. The minimum atomic E-state index is -0.932. The highest BCUT2D eigenvalue weighted by Gasteiger charge is 2.27. The van der Waals surface area contributed by atoms with E-state index in [9.17, 15) is 29.8 Å². The SMILES string of the molecule is CCOC(=O)c1ccccc1NC(=O)c1cc([N+](=O)[O-])c(Cl)c([N+](=O)[O-])c1. The Morgan fingerprint density at radius 2 is 1.67 bits per heavy atom. The Balaban J connectivity index is 2.44. The molecule has 0 spiro atoms. The fourth-order valence-corrected chi connectivity index (χ4v) is 2.41. The van der Waals surface area contributed by atoms with Crippen LogP contribution in [0.5, 0.6) is 0 Å². The number of hydrogen-bond acceptors (Lipinski definition) is 7. The summed E-state index contributed by atoms with van der Waals surface area (Å²) in [6, 6.07) is 7.57. The van der Waals surface area contributed by atoms with Crippen molar-refractivity contribution in [2.75, 3.05) is 11.9 Å². The molecule has 0 aliphatic rings. The fraction of sp³-hybridized carbons (Fsp3) is 0.125. The average Bonchev–Trinajstić information content (AvgIpc) is 2.61. The number of nitrogens with zero attached hydrogens (tertiary/aromatic N) is 2. The Morgan fingerprint density at radius 3 is 2.19 bits per heavy atom. The number of amides is 1. The van der Waals surface area contributed by atoms with Crippen molar-refractivity contribution in [2.45, 2.75) is 6.92 Å². The number of halogens is 1. The zero-order valence-electron chi connectivity index (χ0n) is 13.8. The monoisotopic (exact) mass is 393 g/mol. The van der Waals surface area contributed by atoms with Crippen molar-refractivity contribution in [3.63, 3.8) is 0 Å². The second-order valence-electron chi connectivity index (χ2n) is 5.06. The van der Waals surface area contributed by atoms with Crippen molar-refractivity contribution >= 4 is 40.5 Å². The Hall–Kier alpha value is -3.53. The van der Waals surface area contributed by atoms with E-state index in [0.717, 1.165) is 12.1 Å². The van der Waals surface area contributed by atoms with Crippen LogP contribution in [0.15, 0.2) is 36.4 Å². The number of anilines is 1. The summed E-state index contributed by atoms with van der Waals surface area (Å²) in [6.07, 6.45) is 0. The molecule has 2 aromatic rings. The highest BCUT2D eigenvalue weighted by molar-refractivity contribution is 6.35. The molecule has 0 unspecified atom stereocenters. The van der Waals surface area contributed by atoms with Gasteiger partial charge in [0.05, 0.1) is 33.3 Å². The lowest BCUT2D eigenvalue weighted by atomic mass is 10.1. The number of para-hydroxylation sites is 1. The number of ether oxygens (including phenoxy) is 1. The third-order valence-electron chi connectivity index (χ3n) is 3.36. The molecule has 2 rings (SSSR count). The third kappa shape index (κ3) is 4.36. The van der Waals surface area contributed by atoms with Crippen LogP contribution in [0.2, 0.25) is 5.02 Å². The summed E-state index contributed by atoms with van der Waals surface area (Å²) in [5, 5.41) is 23.8. The van der Waals surface area contributed by atoms with Gasteiger partial charge >= 0.3 is 5.97 Å². The van der Waals surface area contributed by atoms with Gasteiger partial charge in [-0.05, 0) is 19.1 Å². The van der Waals surface area contributed by atoms with Crippen molar-refractivity contribution in [1.82, 2.24) is 0 Å². The molecule has 0 bridgehead atoms. The van der Waals surface area contributed by atoms with Gasteiger partial charge in [-0.15, -0.1) is 0 Å². The molecule has 10 nitrogen and oxygen atoms in total. The summed E-state index contributed by atoms with van der Waals surface area (Å²) in [6.45, 7) is 1.74. The first-order valence-corrected chi connectivity index (χ1v) is 7.83. The van der Waals surface area contributed by atoms with Gasteiger partial charge in [-0.2, -0.15) is 0 Å². The van der Waals surface area contributed by atoms with E-state index < -0.39 is 38.1 Å². The molecule has 1 N–H and O–H groups in total. The van der Waals surface area contributed by atoms with Gasteiger partial charge < -0.3 is 10.1 Å². The van der Waals surface area contributed by atoms with E-state index in [1.165, 1.54) is 12.1 Å². The first-order chi connectivity index (χ1) is 12.8. The number of carbonyl (C=O) groups is 2. The first kappa shape index (κ1) is 19.8. The first-order valence-electron chi connectivity index (χ1n) is 7.46. The van der Waals surface area contributed by atoms with E-state index in [0.29, 0.717) is 0 Å². The maximum absolute atomic E-state index is 12.5. The third-order valence-corrected chi connectivity index (χ3v) is 3.75. The number of nitrogens with one attached hydrogen (secondary N) is 1. The van der Waals surface area contributed by atoms with E-state index in [1.807, 2.05) is 0 Å². The van der Waals surface area contributed by atoms with Crippen LogP contribution >= 0.6 is 11.6 Å². The summed E-state index contributed by atoms with van der Waals surface area (Å²) in [4.78, 5) is 44.6. The van der Waals surface area contributed by atoms with Gasteiger partial charge in [-0.25, -0.2) is 4.79 Å². The second kappa shape index (κ2) is 8.23. The van der Waals surface area contributed by atoms with Gasteiger partial charge in [0.1, 0.15) is 0 Å². The van der Waals surface area contributed by atoms with Crippen molar-refractivity contribution in [3.8, 4) is 0 Å². The number of hydrogen-bond donors (Lipinski definition) is 1. The van der Waals surface area contributed by atoms with Crippen LogP contribution in [0.25, 0.3) is 0 Å². The molecule has 0 saturated carbocycles. The van der Waals surface area contributed by atoms with Gasteiger partial charge in [0.2, 0.25) is 0 Å². The molecule has 0 aliphatic heterocycles. The van der Waals surface area contributed by atoms with Crippen LogP contribution < -0.4 is 5.32 Å². The fourth-order valence-electron chi connectivity index (χ4n) is 2.16. The number of nitro benzene ring substituents is 2. The molecule has 0 aromatic heterocycles. The quantitative estimate of drug-likeness (QED) is 0.448. The van der Waals surface area contributed by atoms with Crippen molar-refractivity contribution in [1.29, 1.82) is 0 Å². The molecule has 0 fully saturated rings. The van der Waals surface area contributed by atoms with E-state index in [2.05, 4.69) is 5.32 Å². The normalized spacial score (nSPS) is 10.1. The maximum Gasteiger partial charge on any atom is 0.340 e. The minimum absolute atomic E-state index is 0.0608. The zero-order chi connectivity index (χ0) is 20.1. The predicted molar refractivity (Wildman–Crippen MR) is 95.1 cm³/mol. The van der Waals surface area contributed by atoms with E-state index in [4.69, 9.17) is 16.3 Å². The molecule has 0 atom stereocenters. The molecular formula is C16H12ClN3O7. The summed E-state index contributed by atoms with van der Waals surface area (Å²) < 4.78 is 4.89. The van der Waals surface area contributed by atoms with Gasteiger partial charge in [-0.3, -0.25) is 25.0 Å². The van der Waals surface area contributed by atoms with Gasteiger partial charge in [0.25, 0.3) is 17.3 Å². The lowest BCUT2D eigenvalue weighted by Crippen LogP contribution is -2.16. The number of benzene rings is 2. The van der Waals surface area contributed by atoms with Crippen LogP contribution in [-0.4, -0.2) is 28.3 Å².